The number of rotatable bonds is 4. The number of amides is 1. The number of anilines is 2. The Morgan fingerprint density at radius 1 is 1.42 bits per heavy atom. The number of hydrogen-bond donors (Lipinski definition) is 3. The Balaban J connectivity index is 2.01. The summed E-state index contributed by atoms with van der Waals surface area (Å²) in [6, 6.07) is 4.93. The Labute approximate surface area is 112 Å². The molecule has 1 saturated heterocycles. The van der Waals surface area contributed by atoms with Crippen LogP contribution in [0.25, 0.3) is 0 Å². The van der Waals surface area contributed by atoms with E-state index in [-0.39, 0.29) is 23.0 Å². The first-order chi connectivity index (χ1) is 8.87. The van der Waals surface area contributed by atoms with E-state index in [9.17, 15) is 13.2 Å². The average Bonchev–Trinajstić information content (AvgIpc) is 2.67. The Morgan fingerprint density at radius 2 is 2.16 bits per heavy atom. The summed E-state index contributed by atoms with van der Waals surface area (Å²) in [7, 11) is -2.86. The summed E-state index contributed by atoms with van der Waals surface area (Å²) >= 11 is 0. The Kier molecular flexibility index (Phi) is 3.66. The van der Waals surface area contributed by atoms with E-state index in [2.05, 4.69) is 5.32 Å². The molecule has 1 amide bonds. The molecule has 1 heterocycles. The molecule has 6 nitrogen and oxygen atoms in total. The van der Waals surface area contributed by atoms with Crippen molar-refractivity contribution >= 4 is 27.1 Å². The highest BCUT2D eigenvalue weighted by molar-refractivity contribution is 7.91. The Hall–Kier alpha value is -1.76. The van der Waals surface area contributed by atoms with Crippen LogP contribution in [0.4, 0.5) is 11.4 Å². The van der Waals surface area contributed by atoms with Crippen molar-refractivity contribution in [2.45, 2.75) is 6.42 Å². The molecule has 1 aromatic rings. The second-order valence-electron chi connectivity index (χ2n) is 4.82. The summed E-state index contributed by atoms with van der Waals surface area (Å²) in [6.07, 6.45) is 0.674. The zero-order valence-electron chi connectivity index (χ0n) is 10.4. The highest BCUT2D eigenvalue weighted by Gasteiger charge is 2.27. The van der Waals surface area contributed by atoms with Gasteiger partial charge in [0, 0.05) is 17.9 Å². The fourth-order valence-corrected chi connectivity index (χ4v) is 4.04. The van der Waals surface area contributed by atoms with Gasteiger partial charge in [-0.1, -0.05) is 0 Å². The zero-order chi connectivity index (χ0) is 14.0. The van der Waals surface area contributed by atoms with Crippen LogP contribution in [0.2, 0.25) is 0 Å². The Morgan fingerprint density at radius 3 is 2.74 bits per heavy atom. The van der Waals surface area contributed by atoms with Gasteiger partial charge in [0.15, 0.2) is 9.84 Å². The number of nitrogen functional groups attached to an aromatic ring is 1. The average molecular weight is 283 g/mol. The van der Waals surface area contributed by atoms with Gasteiger partial charge < -0.3 is 16.8 Å². The number of primary amides is 1. The van der Waals surface area contributed by atoms with Gasteiger partial charge in [-0.05, 0) is 30.5 Å². The highest BCUT2D eigenvalue weighted by Crippen LogP contribution is 2.21. The van der Waals surface area contributed by atoms with Gasteiger partial charge in [0.2, 0.25) is 0 Å². The molecule has 0 radical (unpaired) electrons. The summed E-state index contributed by atoms with van der Waals surface area (Å²) in [6.45, 7) is 0.557. The predicted octanol–water partition coefficient (Wildman–Crippen LogP) is 0.214. The molecule has 1 atom stereocenters. The van der Waals surface area contributed by atoms with Crippen molar-refractivity contribution in [1.82, 2.24) is 0 Å². The molecular weight excluding hydrogens is 266 g/mol. The lowest BCUT2D eigenvalue weighted by molar-refractivity contribution is 0.100. The molecule has 19 heavy (non-hydrogen) atoms. The summed E-state index contributed by atoms with van der Waals surface area (Å²) in [4.78, 5) is 11.2. The molecular formula is C12H17N3O3S. The van der Waals surface area contributed by atoms with Crippen molar-refractivity contribution in [2.75, 3.05) is 29.1 Å². The molecule has 1 aliphatic rings. The van der Waals surface area contributed by atoms with Crippen LogP contribution in [0.15, 0.2) is 18.2 Å². The fraction of sp³-hybridized carbons (Fsp3) is 0.417. The predicted molar refractivity (Wildman–Crippen MR) is 74.6 cm³/mol. The smallest absolute Gasteiger partial charge is 0.250 e. The van der Waals surface area contributed by atoms with Crippen LogP contribution in [0.3, 0.4) is 0 Å². The number of nitrogens with one attached hydrogen (secondary N) is 1. The molecule has 2 rings (SSSR count). The first-order valence-electron chi connectivity index (χ1n) is 6.01. The molecule has 1 unspecified atom stereocenters. The zero-order valence-corrected chi connectivity index (χ0v) is 11.2. The van der Waals surface area contributed by atoms with Crippen LogP contribution in [-0.4, -0.2) is 32.4 Å². The van der Waals surface area contributed by atoms with Crippen molar-refractivity contribution in [1.29, 1.82) is 0 Å². The van der Waals surface area contributed by atoms with Crippen molar-refractivity contribution in [3.05, 3.63) is 23.8 Å². The molecule has 1 aliphatic heterocycles. The van der Waals surface area contributed by atoms with Crippen molar-refractivity contribution < 1.29 is 13.2 Å². The molecule has 1 aromatic carbocycles. The van der Waals surface area contributed by atoms with Crippen molar-refractivity contribution in [2.24, 2.45) is 11.7 Å². The quantitative estimate of drug-likeness (QED) is 0.683. The lowest BCUT2D eigenvalue weighted by Crippen LogP contribution is -2.17. The van der Waals surface area contributed by atoms with Crippen LogP contribution in [0.5, 0.6) is 0 Å². The number of carbonyl (C=O) groups excluding carboxylic acids is 1. The van der Waals surface area contributed by atoms with E-state index in [0.717, 1.165) is 0 Å². The second kappa shape index (κ2) is 5.08. The van der Waals surface area contributed by atoms with Crippen molar-refractivity contribution in [3.8, 4) is 0 Å². The van der Waals surface area contributed by atoms with E-state index in [4.69, 9.17) is 11.5 Å². The van der Waals surface area contributed by atoms with E-state index in [0.29, 0.717) is 24.3 Å². The van der Waals surface area contributed by atoms with Crippen LogP contribution < -0.4 is 16.8 Å². The number of benzene rings is 1. The third kappa shape index (κ3) is 3.37. The molecule has 104 valence electrons. The normalized spacial score (nSPS) is 21.2. The molecule has 0 aliphatic carbocycles. The van der Waals surface area contributed by atoms with Crippen LogP contribution in [0.1, 0.15) is 16.8 Å². The standard InChI is InChI=1S/C12H17N3O3S/c13-11-2-1-9(5-10(11)12(14)16)15-6-8-3-4-19(17,18)7-8/h1-2,5,8,15H,3-4,6-7,13H2,(H2,14,16). The lowest BCUT2D eigenvalue weighted by atomic mass is 10.1. The monoisotopic (exact) mass is 283 g/mol. The van der Waals surface area contributed by atoms with Gasteiger partial charge in [-0.15, -0.1) is 0 Å². The third-order valence-electron chi connectivity index (χ3n) is 3.24. The van der Waals surface area contributed by atoms with E-state index >= 15 is 0 Å². The molecule has 7 heteroatoms. The largest absolute Gasteiger partial charge is 0.398 e. The molecule has 0 aromatic heterocycles. The van der Waals surface area contributed by atoms with Crippen molar-refractivity contribution in [3.63, 3.8) is 0 Å². The minimum absolute atomic E-state index is 0.111. The molecule has 0 bridgehead atoms. The maximum Gasteiger partial charge on any atom is 0.250 e. The summed E-state index contributed by atoms with van der Waals surface area (Å²) in [5.41, 5.74) is 12.2. The Bertz CT molecular complexity index is 598. The number of nitrogens with two attached hydrogens (primary N) is 2. The molecule has 0 saturated carbocycles. The maximum atomic E-state index is 11.3. The maximum absolute atomic E-state index is 11.3. The van der Waals surface area contributed by atoms with Gasteiger partial charge in [-0.3, -0.25) is 4.79 Å². The van der Waals surface area contributed by atoms with Crippen LogP contribution >= 0.6 is 0 Å². The fourth-order valence-electron chi connectivity index (χ4n) is 2.17. The van der Waals surface area contributed by atoms with Gasteiger partial charge in [0.25, 0.3) is 5.91 Å². The first-order valence-corrected chi connectivity index (χ1v) is 7.83. The number of carbonyl (C=O) groups is 1. The second-order valence-corrected chi connectivity index (χ2v) is 7.04. The highest BCUT2D eigenvalue weighted by atomic mass is 32.2. The number of hydrogen-bond acceptors (Lipinski definition) is 5. The molecule has 5 N–H and O–H groups in total. The SMILES string of the molecule is NC(=O)c1cc(NCC2CCS(=O)(=O)C2)ccc1N. The summed E-state index contributed by atoms with van der Waals surface area (Å²) in [5.74, 6) is 0.00909. The van der Waals surface area contributed by atoms with Gasteiger partial charge in [-0.2, -0.15) is 0 Å². The minimum Gasteiger partial charge on any atom is -0.398 e. The molecule has 1 fully saturated rings. The first kappa shape index (κ1) is 13.7. The van der Waals surface area contributed by atoms with E-state index in [1.54, 1.807) is 18.2 Å². The lowest BCUT2D eigenvalue weighted by Gasteiger charge is -2.12. The summed E-state index contributed by atoms with van der Waals surface area (Å²) in [5, 5.41) is 3.12. The van der Waals surface area contributed by atoms with E-state index in [1.807, 2.05) is 0 Å². The topological polar surface area (TPSA) is 115 Å². The van der Waals surface area contributed by atoms with Gasteiger partial charge in [-0.25, -0.2) is 8.42 Å². The molecule has 0 spiro atoms. The van der Waals surface area contributed by atoms with Crippen LogP contribution in [0, 0.1) is 5.92 Å². The van der Waals surface area contributed by atoms with Crippen LogP contribution in [-0.2, 0) is 9.84 Å². The minimum atomic E-state index is -2.86. The van der Waals surface area contributed by atoms with Gasteiger partial charge in [0.1, 0.15) is 0 Å². The third-order valence-corrected chi connectivity index (χ3v) is 5.08. The summed E-state index contributed by atoms with van der Waals surface area (Å²) < 4.78 is 22.7. The van der Waals surface area contributed by atoms with Gasteiger partial charge >= 0.3 is 0 Å². The van der Waals surface area contributed by atoms with E-state index < -0.39 is 15.7 Å². The van der Waals surface area contributed by atoms with E-state index in [1.165, 1.54) is 0 Å². The van der Waals surface area contributed by atoms with Gasteiger partial charge in [0.05, 0.1) is 17.1 Å². The number of sulfone groups is 1.